The van der Waals surface area contributed by atoms with Crippen molar-refractivity contribution in [1.82, 2.24) is 14.6 Å². The highest BCUT2D eigenvalue weighted by Gasteiger charge is 2.38. The first-order chi connectivity index (χ1) is 13.3. The van der Waals surface area contributed by atoms with Crippen molar-refractivity contribution >= 4 is 28.8 Å². The first-order valence-electron chi connectivity index (χ1n) is 8.00. The first-order valence-corrected chi connectivity index (χ1v) is 8.76. The number of aromatic nitrogens is 3. The molecule has 0 fully saturated rings. The van der Waals surface area contributed by atoms with Crippen LogP contribution in [-0.2, 0) is 6.18 Å². The van der Waals surface area contributed by atoms with E-state index in [2.05, 4.69) is 10.1 Å². The average Bonchev–Trinajstić information content (AvgIpc) is 3.06. The Hall–Kier alpha value is -2.77. The van der Waals surface area contributed by atoms with Crippen LogP contribution in [0.2, 0.25) is 10.0 Å². The summed E-state index contributed by atoms with van der Waals surface area (Å²) >= 11 is 12.0. The van der Waals surface area contributed by atoms with Gasteiger partial charge in [0.25, 0.3) is 5.56 Å². The van der Waals surface area contributed by atoms with E-state index in [0.29, 0.717) is 15.1 Å². The third kappa shape index (κ3) is 3.06. The molecule has 4 rings (SSSR count). The highest BCUT2D eigenvalue weighted by atomic mass is 35.5. The molecule has 2 aromatic carbocycles. The van der Waals surface area contributed by atoms with Crippen molar-refractivity contribution in [2.24, 2.45) is 0 Å². The molecule has 142 valence electrons. The Morgan fingerprint density at radius 2 is 1.57 bits per heavy atom. The second-order valence-electron chi connectivity index (χ2n) is 5.97. The van der Waals surface area contributed by atoms with E-state index < -0.39 is 17.4 Å². The molecule has 0 radical (unpaired) electrons. The van der Waals surface area contributed by atoms with E-state index in [4.69, 9.17) is 23.2 Å². The van der Waals surface area contributed by atoms with Crippen molar-refractivity contribution in [2.45, 2.75) is 6.18 Å². The number of rotatable bonds is 2. The minimum Gasteiger partial charge on any atom is -0.284 e. The van der Waals surface area contributed by atoms with Gasteiger partial charge in [-0.3, -0.25) is 9.89 Å². The van der Waals surface area contributed by atoms with Gasteiger partial charge in [-0.2, -0.15) is 17.7 Å². The SMILES string of the molecule is O=c1c(Cl)c(-c2ccccc2)nc2c(-c3ccc(Cl)cc3)c(C(F)(F)F)[nH]n12. The molecule has 0 aliphatic carbocycles. The lowest BCUT2D eigenvalue weighted by atomic mass is 10.1. The van der Waals surface area contributed by atoms with Crippen molar-refractivity contribution in [1.29, 1.82) is 0 Å². The normalized spacial score (nSPS) is 11.9. The van der Waals surface area contributed by atoms with E-state index in [-0.39, 0.29) is 27.5 Å². The molecule has 0 spiro atoms. The molecule has 9 heteroatoms. The molecule has 0 aliphatic heterocycles. The summed E-state index contributed by atoms with van der Waals surface area (Å²) in [6, 6.07) is 14.3. The van der Waals surface area contributed by atoms with E-state index in [9.17, 15) is 18.0 Å². The summed E-state index contributed by atoms with van der Waals surface area (Å²) in [5.41, 5.74) is -1.52. The van der Waals surface area contributed by atoms with Crippen LogP contribution in [0.15, 0.2) is 59.4 Å². The number of nitrogens with one attached hydrogen (secondary N) is 1. The molecule has 2 heterocycles. The number of hydrogen-bond acceptors (Lipinski definition) is 2. The summed E-state index contributed by atoms with van der Waals surface area (Å²) < 4.78 is 41.7. The minimum absolute atomic E-state index is 0.107. The lowest BCUT2D eigenvalue weighted by Crippen LogP contribution is -2.17. The van der Waals surface area contributed by atoms with E-state index in [1.807, 2.05) is 0 Å². The molecule has 1 N–H and O–H groups in total. The maximum Gasteiger partial charge on any atom is 0.433 e. The van der Waals surface area contributed by atoms with Gasteiger partial charge in [0.1, 0.15) is 10.7 Å². The molecular weight excluding hydrogens is 414 g/mol. The number of H-pyrrole nitrogens is 1. The number of halogens is 5. The van der Waals surface area contributed by atoms with Gasteiger partial charge in [0.15, 0.2) is 5.65 Å². The van der Waals surface area contributed by atoms with Gasteiger partial charge in [0, 0.05) is 10.6 Å². The third-order valence-corrected chi connectivity index (χ3v) is 4.78. The first kappa shape index (κ1) is 18.6. The second-order valence-corrected chi connectivity index (χ2v) is 6.79. The molecule has 28 heavy (non-hydrogen) atoms. The fourth-order valence-electron chi connectivity index (χ4n) is 2.93. The molecule has 0 aliphatic rings. The van der Waals surface area contributed by atoms with Crippen molar-refractivity contribution < 1.29 is 13.2 Å². The van der Waals surface area contributed by atoms with Crippen LogP contribution in [0.25, 0.3) is 28.0 Å². The van der Waals surface area contributed by atoms with Crippen molar-refractivity contribution in [3.8, 4) is 22.4 Å². The lowest BCUT2D eigenvalue weighted by Gasteiger charge is -2.08. The molecule has 4 aromatic rings. The maximum atomic E-state index is 13.7. The van der Waals surface area contributed by atoms with Gasteiger partial charge in [0.05, 0.1) is 11.3 Å². The number of aromatic amines is 1. The van der Waals surface area contributed by atoms with Crippen LogP contribution in [0.5, 0.6) is 0 Å². The van der Waals surface area contributed by atoms with Crippen LogP contribution < -0.4 is 5.56 Å². The Balaban J connectivity index is 2.12. The molecule has 0 amide bonds. The Labute approximate surface area is 166 Å². The summed E-state index contributed by atoms with van der Waals surface area (Å²) in [5, 5.41) is 2.20. The van der Waals surface area contributed by atoms with Crippen LogP contribution in [0.3, 0.4) is 0 Å². The molecule has 0 atom stereocenters. The van der Waals surface area contributed by atoms with Gasteiger partial charge >= 0.3 is 6.18 Å². The quantitative estimate of drug-likeness (QED) is 0.450. The van der Waals surface area contributed by atoms with Gasteiger partial charge in [-0.05, 0) is 17.7 Å². The largest absolute Gasteiger partial charge is 0.433 e. The predicted octanol–water partition coefficient (Wildman–Crippen LogP) is 5.68. The summed E-state index contributed by atoms with van der Waals surface area (Å²) in [6.45, 7) is 0. The van der Waals surface area contributed by atoms with Crippen molar-refractivity contribution in [3.63, 3.8) is 0 Å². The van der Waals surface area contributed by atoms with E-state index in [1.54, 1.807) is 30.3 Å². The lowest BCUT2D eigenvalue weighted by molar-refractivity contribution is -0.140. The van der Waals surface area contributed by atoms with Gasteiger partial charge in [-0.15, -0.1) is 0 Å². The smallest absolute Gasteiger partial charge is 0.284 e. The fraction of sp³-hybridized carbons (Fsp3) is 0.0526. The summed E-state index contributed by atoms with van der Waals surface area (Å²) in [7, 11) is 0. The molecule has 0 saturated carbocycles. The standard InChI is InChI=1S/C19H10Cl2F3N3O/c20-12-8-6-10(7-9-12)13-16(19(22,23)24)26-27-17(13)25-15(14(21)18(27)28)11-4-2-1-3-5-11/h1-9,26H. The van der Waals surface area contributed by atoms with Crippen molar-refractivity contribution in [3.05, 3.63) is 80.7 Å². The fourth-order valence-corrected chi connectivity index (χ4v) is 3.30. The maximum absolute atomic E-state index is 13.7. The number of alkyl halides is 3. The average molecular weight is 424 g/mol. The number of hydrogen-bond donors (Lipinski definition) is 1. The zero-order valence-corrected chi connectivity index (χ0v) is 15.4. The molecule has 0 bridgehead atoms. The Morgan fingerprint density at radius 3 is 2.18 bits per heavy atom. The van der Waals surface area contributed by atoms with Gasteiger partial charge < -0.3 is 0 Å². The topological polar surface area (TPSA) is 50.2 Å². The highest BCUT2D eigenvalue weighted by Crippen LogP contribution is 2.39. The zero-order chi connectivity index (χ0) is 20.1. The molecule has 0 unspecified atom stereocenters. The van der Waals surface area contributed by atoms with Crippen molar-refractivity contribution in [2.75, 3.05) is 0 Å². The summed E-state index contributed by atoms with van der Waals surface area (Å²) in [4.78, 5) is 17.0. The van der Waals surface area contributed by atoms with E-state index in [1.165, 1.54) is 24.3 Å². The molecular formula is C19H10Cl2F3N3O. The second kappa shape index (κ2) is 6.68. The van der Waals surface area contributed by atoms with Crippen LogP contribution in [0, 0.1) is 0 Å². The number of nitrogens with zero attached hydrogens (tertiary/aromatic N) is 2. The molecule has 2 aromatic heterocycles. The van der Waals surface area contributed by atoms with Gasteiger partial charge in [-0.25, -0.2) is 4.98 Å². The summed E-state index contributed by atoms with van der Waals surface area (Å²) in [5.74, 6) is 0. The van der Waals surface area contributed by atoms with Gasteiger partial charge in [0.2, 0.25) is 0 Å². The van der Waals surface area contributed by atoms with Crippen LogP contribution in [-0.4, -0.2) is 14.6 Å². The number of fused-ring (bicyclic) bond motifs is 1. The monoisotopic (exact) mass is 423 g/mol. The van der Waals surface area contributed by atoms with E-state index >= 15 is 0 Å². The molecule has 4 nitrogen and oxygen atoms in total. The third-order valence-electron chi connectivity index (χ3n) is 4.19. The Bertz CT molecular complexity index is 1230. The summed E-state index contributed by atoms with van der Waals surface area (Å²) in [6.07, 6.45) is -4.74. The van der Waals surface area contributed by atoms with E-state index in [0.717, 1.165) is 0 Å². The highest BCUT2D eigenvalue weighted by molar-refractivity contribution is 6.33. The predicted molar refractivity (Wildman–Crippen MR) is 102 cm³/mol. The molecule has 0 saturated heterocycles. The Morgan fingerprint density at radius 1 is 0.929 bits per heavy atom. The van der Waals surface area contributed by atoms with Crippen LogP contribution >= 0.6 is 23.2 Å². The minimum atomic E-state index is -4.74. The van der Waals surface area contributed by atoms with Gasteiger partial charge in [-0.1, -0.05) is 65.7 Å². The van der Waals surface area contributed by atoms with Crippen LogP contribution in [0.1, 0.15) is 5.69 Å². The van der Waals surface area contributed by atoms with Crippen LogP contribution in [0.4, 0.5) is 13.2 Å². The zero-order valence-electron chi connectivity index (χ0n) is 13.9. The number of benzene rings is 2. The Kier molecular flexibility index (Phi) is 4.44.